The molecule has 2 aromatic heterocycles. The molecule has 0 aliphatic carbocycles. The summed E-state index contributed by atoms with van der Waals surface area (Å²) in [7, 11) is 1.95. The predicted molar refractivity (Wildman–Crippen MR) is 84.2 cm³/mol. The van der Waals surface area contributed by atoms with Crippen molar-refractivity contribution in [2.45, 2.75) is 13.0 Å². The standard InChI is InChI=1S/C14H14BrClN4/c1-19-11(5-7-17-19)9-20-13-8-10(15)2-3-12(13)18-14(20)4-6-16/h2-3,5,7-8H,4,6,9H2,1H3. The van der Waals surface area contributed by atoms with Gasteiger partial charge in [-0.1, -0.05) is 15.9 Å². The van der Waals surface area contributed by atoms with E-state index in [1.807, 2.05) is 36.1 Å². The van der Waals surface area contributed by atoms with E-state index in [-0.39, 0.29) is 0 Å². The van der Waals surface area contributed by atoms with Gasteiger partial charge in [0.1, 0.15) is 5.82 Å². The first kappa shape index (κ1) is 13.6. The van der Waals surface area contributed by atoms with Gasteiger partial charge in [-0.25, -0.2) is 4.98 Å². The van der Waals surface area contributed by atoms with E-state index in [1.165, 1.54) is 0 Å². The zero-order valence-corrected chi connectivity index (χ0v) is 13.4. The Morgan fingerprint density at radius 2 is 2.15 bits per heavy atom. The smallest absolute Gasteiger partial charge is 0.111 e. The van der Waals surface area contributed by atoms with E-state index in [4.69, 9.17) is 11.6 Å². The molecule has 2 heterocycles. The Kier molecular flexibility index (Phi) is 3.81. The molecule has 104 valence electrons. The molecule has 0 radical (unpaired) electrons. The van der Waals surface area contributed by atoms with Gasteiger partial charge in [0.15, 0.2) is 0 Å². The van der Waals surface area contributed by atoms with Crippen molar-refractivity contribution in [3.05, 3.63) is 46.5 Å². The molecule has 0 atom stereocenters. The third kappa shape index (κ3) is 2.47. The molecular formula is C14H14BrClN4. The third-order valence-electron chi connectivity index (χ3n) is 3.35. The fourth-order valence-corrected chi connectivity index (χ4v) is 2.83. The molecule has 0 unspecified atom stereocenters. The van der Waals surface area contributed by atoms with E-state index in [9.17, 15) is 0 Å². The van der Waals surface area contributed by atoms with Crippen LogP contribution in [0.3, 0.4) is 0 Å². The summed E-state index contributed by atoms with van der Waals surface area (Å²) in [6.07, 6.45) is 2.57. The van der Waals surface area contributed by atoms with Crippen LogP contribution in [0.15, 0.2) is 34.9 Å². The second kappa shape index (κ2) is 5.58. The number of hydrogen-bond acceptors (Lipinski definition) is 2. The van der Waals surface area contributed by atoms with Crippen LogP contribution in [0, 0.1) is 0 Å². The Morgan fingerprint density at radius 1 is 1.30 bits per heavy atom. The average molecular weight is 354 g/mol. The molecule has 3 rings (SSSR count). The number of alkyl halides is 1. The Hall–Kier alpha value is -1.33. The van der Waals surface area contributed by atoms with Gasteiger partial charge in [0.2, 0.25) is 0 Å². The highest BCUT2D eigenvalue weighted by Gasteiger charge is 2.12. The van der Waals surface area contributed by atoms with Gasteiger partial charge in [0.05, 0.1) is 23.3 Å². The van der Waals surface area contributed by atoms with E-state index in [0.717, 1.165) is 40.0 Å². The first-order valence-corrected chi connectivity index (χ1v) is 7.69. The predicted octanol–water partition coefficient (Wildman–Crippen LogP) is 3.36. The maximum Gasteiger partial charge on any atom is 0.111 e. The largest absolute Gasteiger partial charge is 0.322 e. The minimum absolute atomic E-state index is 0.565. The first-order valence-electron chi connectivity index (χ1n) is 6.36. The summed E-state index contributed by atoms with van der Waals surface area (Å²) in [6, 6.07) is 8.15. The number of aryl methyl sites for hydroxylation is 2. The fraction of sp³-hybridized carbons (Fsp3) is 0.286. The molecule has 3 aromatic rings. The van der Waals surface area contributed by atoms with Crippen molar-refractivity contribution in [3.63, 3.8) is 0 Å². The summed E-state index contributed by atoms with van der Waals surface area (Å²) < 4.78 is 5.14. The van der Waals surface area contributed by atoms with Gasteiger partial charge in [-0.3, -0.25) is 4.68 Å². The summed E-state index contributed by atoms with van der Waals surface area (Å²) in [4.78, 5) is 4.68. The average Bonchev–Trinajstić information content (AvgIpc) is 2.96. The Balaban J connectivity index is 2.12. The minimum Gasteiger partial charge on any atom is -0.322 e. The van der Waals surface area contributed by atoms with Crippen LogP contribution >= 0.6 is 27.5 Å². The van der Waals surface area contributed by atoms with E-state index >= 15 is 0 Å². The number of hydrogen-bond donors (Lipinski definition) is 0. The molecule has 0 bridgehead atoms. The van der Waals surface area contributed by atoms with Crippen molar-refractivity contribution < 1.29 is 0 Å². The second-order valence-electron chi connectivity index (χ2n) is 4.63. The molecule has 0 N–H and O–H groups in total. The zero-order chi connectivity index (χ0) is 14.1. The number of aromatic nitrogens is 4. The van der Waals surface area contributed by atoms with Gasteiger partial charge in [0.25, 0.3) is 0 Å². The summed E-state index contributed by atoms with van der Waals surface area (Å²) in [5.41, 5.74) is 3.25. The van der Waals surface area contributed by atoms with Crippen LogP contribution in [0.1, 0.15) is 11.5 Å². The van der Waals surface area contributed by atoms with Crippen LogP contribution < -0.4 is 0 Å². The fourth-order valence-electron chi connectivity index (χ4n) is 2.32. The normalized spacial score (nSPS) is 11.3. The van der Waals surface area contributed by atoms with E-state index in [2.05, 4.69) is 36.6 Å². The Labute approximate surface area is 130 Å². The van der Waals surface area contributed by atoms with Crippen LogP contribution in [0.4, 0.5) is 0 Å². The molecule has 0 spiro atoms. The van der Waals surface area contributed by atoms with Gasteiger partial charge < -0.3 is 4.57 Å². The van der Waals surface area contributed by atoms with Crippen LogP contribution in [-0.2, 0) is 20.0 Å². The quantitative estimate of drug-likeness (QED) is 0.674. The SMILES string of the molecule is Cn1nccc1Cn1c(CCCl)nc2ccc(Br)cc21. The van der Waals surface area contributed by atoms with Gasteiger partial charge in [-0.2, -0.15) is 5.10 Å². The van der Waals surface area contributed by atoms with Crippen molar-refractivity contribution in [3.8, 4) is 0 Å². The number of benzene rings is 1. The number of rotatable bonds is 4. The van der Waals surface area contributed by atoms with E-state index in [1.54, 1.807) is 0 Å². The van der Waals surface area contributed by atoms with Gasteiger partial charge in [0, 0.05) is 30.0 Å². The maximum atomic E-state index is 5.90. The van der Waals surface area contributed by atoms with Crippen LogP contribution in [0.2, 0.25) is 0 Å². The minimum atomic E-state index is 0.565. The van der Waals surface area contributed by atoms with Crippen LogP contribution in [0.5, 0.6) is 0 Å². The second-order valence-corrected chi connectivity index (χ2v) is 5.93. The van der Waals surface area contributed by atoms with Gasteiger partial charge in [-0.05, 0) is 24.3 Å². The third-order valence-corrected chi connectivity index (χ3v) is 4.03. The molecule has 0 saturated carbocycles. The molecule has 0 aliphatic rings. The molecule has 1 aromatic carbocycles. The zero-order valence-electron chi connectivity index (χ0n) is 11.1. The summed E-state index contributed by atoms with van der Waals surface area (Å²) in [6.45, 7) is 0.746. The van der Waals surface area contributed by atoms with Crippen molar-refractivity contribution >= 4 is 38.6 Å². The van der Waals surface area contributed by atoms with Crippen molar-refractivity contribution in [2.75, 3.05) is 5.88 Å². The number of halogens is 2. The maximum absolute atomic E-state index is 5.90. The molecule has 0 saturated heterocycles. The van der Waals surface area contributed by atoms with Crippen LogP contribution in [-0.4, -0.2) is 25.2 Å². The lowest BCUT2D eigenvalue weighted by atomic mass is 10.3. The first-order chi connectivity index (χ1) is 9.69. The number of nitrogens with zero attached hydrogens (tertiary/aromatic N) is 4. The lowest BCUT2D eigenvalue weighted by Crippen LogP contribution is -2.09. The van der Waals surface area contributed by atoms with Gasteiger partial charge >= 0.3 is 0 Å². The summed E-state index contributed by atoms with van der Waals surface area (Å²) in [5, 5.41) is 4.22. The van der Waals surface area contributed by atoms with E-state index < -0.39 is 0 Å². The van der Waals surface area contributed by atoms with E-state index in [0.29, 0.717) is 5.88 Å². The molecule has 0 amide bonds. The van der Waals surface area contributed by atoms with Crippen LogP contribution in [0.25, 0.3) is 11.0 Å². The lowest BCUT2D eigenvalue weighted by Gasteiger charge is -2.09. The Bertz CT molecular complexity index is 747. The molecule has 0 aliphatic heterocycles. The number of imidazole rings is 1. The highest BCUT2D eigenvalue weighted by molar-refractivity contribution is 9.10. The molecular weight excluding hydrogens is 340 g/mol. The molecule has 6 heteroatoms. The highest BCUT2D eigenvalue weighted by atomic mass is 79.9. The Morgan fingerprint density at radius 3 is 2.85 bits per heavy atom. The van der Waals surface area contributed by atoms with Gasteiger partial charge in [-0.15, -0.1) is 11.6 Å². The monoisotopic (exact) mass is 352 g/mol. The number of fused-ring (bicyclic) bond motifs is 1. The molecule has 0 fully saturated rings. The summed E-state index contributed by atoms with van der Waals surface area (Å²) >= 11 is 9.42. The highest BCUT2D eigenvalue weighted by Crippen LogP contribution is 2.22. The molecule has 4 nitrogen and oxygen atoms in total. The molecule has 20 heavy (non-hydrogen) atoms. The lowest BCUT2D eigenvalue weighted by molar-refractivity contribution is 0.657. The van der Waals surface area contributed by atoms with Crippen molar-refractivity contribution in [2.24, 2.45) is 7.05 Å². The topological polar surface area (TPSA) is 35.6 Å². The summed E-state index contributed by atoms with van der Waals surface area (Å²) in [5.74, 6) is 1.57. The van der Waals surface area contributed by atoms with Crippen molar-refractivity contribution in [1.82, 2.24) is 19.3 Å². The van der Waals surface area contributed by atoms with Crippen molar-refractivity contribution in [1.29, 1.82) is 0 Å².